The van der Waals surface area contributed by atoms with Crippen molar-refractivity contribution in [2.24, 2.45) is 11.8 Å². The first-order chi connectivity index (χ1) is 16.9. The van der Waals surface area contributed by atoms with Crippen LogP contribution in [-0.4, -0.2) is 45.6 Å². The molecule has 1 aromatic heterocycles. The van der Waals surface area contributed by atoms with Gasteiger partial charge in [-0.3, -0.25) is 14.3 Å². The van der Waals surface area contributed by atoms with Crippen LogP contribution in [0.5, 0.6) is 0 Å². The number of carbonyl (C=O) groups is 3. The second-order valence-electron chi connectivity index (χ2n) is 11.9. The van der Waals surface area contributed by atoms with E-state index in [1.165, 1.54) is 19.3 Å². The number of rotatable bonds is 3. The first-order valence-electron chi connectivity index (χ1n) is 13.1. The Balaban J connectivity index is 1.41. The van der Waals surface area contributed by atoms with Gasteiger partial charge in [-0.2, -0.15) is 0 Å². The van der Waals surface area contributed by atoms with Gasteiger partial charge in [0.1, 0.15) is 17.3 Å². The van der Waals surface area contributed by atoms with E-state index in [1.54, 1.807) is 11.0 Å². The van der Waals surface area contributed by atoms with Gasteiger partial charge in [0, 0.05) is 17.6 Å². The Hall–Kier alpha value is -3.03. The average molecular weight is 496 g/mol. The van der Waals surface area contributed by atoms with Crippen molar-refractivity contribution in [3.8, 4) is 0 Å². The van der Waals surface area contributed by atoms with Crippen LogP contribution in [-0.2, 0) is 20.0 Å². The van der Waals surface area contributed by atoms with Crippen molar-refractivity contribution in [2.75, 3.05) is 11.9 Å². The van der Waals surface area contributed by atoms with Crippen LogP contribution in [0.25, 0.3) is 10.9 Å². The average Bonchev–Trinajstić information content (AvgIpc) is 3.46. The summed E-state index contributed by atoms with van der Waals surface area (Å²) in [4.78, 5) is 40.8. The molecule has 1 N–H and O–H groups in total. The molecule has 0 spiro atoms. The van der Waals surface area contributed by atoms with E-state index in [2.05, 4.69) is 5.32 Å². The number of hydrogen-bond acceptors (Lipinski definition) is 5. The number of aromatic nitrogens is 1. The Morgan fingerprint density at radius 2 is 1.81 bits per heavy atom. The molecule has 8 nitrogen and oxygen atoms in total. The van der Waals surface area contributed by atoms with Crippen molar-refractivity contribution in [3.63, 3.8) is 0 Å². The number of nitrogens with zero attached hydrogens (tertiary/aromatic N) is 2. The van der Waals surface area contributed by atoms with Gasteiger partial charge in [-0.1, -0.05) is 32.1 Å². The summed E-state index contributed by atoms with van der Waals surface area (Å²) in [6, 6.07) is 6.86. The maximum Gasteiger partial charge on any atom is 0.410 e. The molecule has 2 aliphatic heterocycles. The molecule has 0 radical (unpaired) electrons. The minimum Gasteiger partial charge on any atom is -0.444 e. The Kier molecular flexibility index (Phi) is 6.04. The number of anilines is 1. The highest BCUT2D eigenvalue weighted by Gasteiger charge is 2.46. The number of ether oxygens (including phenoxy) is 2. The molecule has 194 valence electrons. The second-order valence-corrected chi connectivity index (χ2v) is 11.9. The van der Waals surface area contributed by atoms with Gasteiger partial charge >= 0.3 is 12.1 Å². The molecule has 3 heterocycles. The molecule has 0 unspecified atom stereocenters. The lowest BCUT2D eigenvalue weighted by atomic mass is 9.76. The van der Waals surface area contributed by atoms with Crippen LogP contribution in [0.3, 0.4) is 0 Å². The van der Waals surface area contributed by atoms with Gasteiger partial charge in [0.15, 0.2) is 5.72 Å². The van der Waals surface area contributed by atoms with Gasteiger partial charge in [-0.15, -0.1) is 0 Å². The Morgan fingerprint density at radius 3 is 2.50 bits per heavy atom. The minimum absolute atomic E-state index is 0.121. The predicted octanol–water partition coefficient (Wildman–Crippen LogP) is 5.65. The number of cyclic esters (lactones) is 1. The van der Waals surface area contributed by atoms with E-state index < -0.39 is 23.5 Å². The number of carbonyl (C=O) groups excluding carboxylic acids is 3. The Bertz CT molecular complexity index is 1200. The molecule has 36 heavy (non-hydrogen) atoms. The normalized spacial score (nSPS) is 24.0. The van der Waals surface area contributed by atoms with Crippen LogP contribution >= 0.6 is 0 Å². The van der Waals surface area contributed by atoms with Crippen molar-refractivity contribution < 1.29 is 23.9 Å². The maximum absolute atomic E-state index is 13.7. The molecule has 1 saturated carbocycles. The summed E-state index contributed by atoms with van der Waals surface area (Å²) in [5.41, 5.74) is 0.625. The van der Waals surface area contributed by atoms with E-state index in [1.807, 2.05) is 57.4 Å². The smallest absolute Gasteiger partial charge is 0.410 e. The number of amides is 2. The molecule has 3 aliphatic rings. The number of fused-ring (bicyclic) bond motifs is 3. The van der Waals surface area contributed by atoms with Crippen LogP contribution in [0.15, 0.2) is 24.3 Å². The van der Waals surface area contributed by atoms with Crippen LogP contribution < -0.4 is 5.32 Å². The summed E-state index contributed by atoms with van der Waals surface area (Å²) >= 11 is 0. The molecular weight excluding hydrogens is 458 g/mol. The zero-order valence-electron chi connectivity index (χ0n) is 21.9. The van der Waals surface area contributed by atoms with Crippen LogP contribution in [0.4, 0.5) is 10.5 Å². The van der Waals surface area contributed by atoms with Gasteiger partial charge in [0.2, 0.25) is 5.91 Å². The van der Waals surface area contributed by atoms with E-state index in [-0.39, 0.29) is 17.8 Å². The molecule has 8 heteroatoms. The molecular formula is C28H37N3O5. The zero-order chi connectivity index (χ0) is 25.8. The molecule has 1 aromatic carbocycles. The summed E-state index contributed by atoms with van der Waals surface area (Å²) in [5, 5.41) is 3.93. The van der Waals surface area contributed by atoms with E-state index >= 15 is 0 Å². The quantitative estimate of drug-likeness (QED) is 0.556. The summed E-state index contributed by atoms with van der Waals surface area (Å²) in [5.74, 6) is 0.0263. The molecule has 1 aliphatic carbocycles. The van der Waals surface area contributed by atoms with E-state index in [9.17, 15) is 14.4 Å². The standard InChI is InChI=1S/C28H37N3O5/c1-27(2,3)36-26(34)30-14-13-20(17-9-7-6-8-10-17)23(30)24(32)29-19-11-12-21-18(15-19)16-22-25(33)35-28(4,5)31(21)22/h11-12,15-17,20,23H,6-10,13-14H2,1-5H3,(H,29,32)/t20-,23-/m0/s1. The zero-order valence-corrected chi connectivity index (χ0v) is 21.9. The van der Waals surface area contributed by atoms with Crippen molar-refractivity contribution >= 4 is 34.6 Å². The van der Waals surface area contributed by atoms with Gasteiger partial charge in [0.05, 0.1) is 5.52 Å². The van der Waals surface area contributed by atoms with Crippen molar-refractivity contribution in [1.82, 2.24) is 9.47 Å². The van der Waals surface area contributed by atoms with Gasteiger partial charge in [-0.05, 0) is 77.1 Å². The fraction of sp³-hybridized carbons (Fsp3) is 0.607. The third kappa shape index (κ3) is 4.46. The summed E-state index contributed by atoms with van der Waals surface area (Å²) in [6.45, 7) is 9.76. The highest BCUT2D eigenvalue weighted by atomic mass is 16.6. The predicted molar refractivity (Wildman–Crippen MR) is 137 cm³/mol. The molecule has 5 rings (SSSR count). The second kappa shape index (κ2) is 8.82. The summed E-state index contributed by atoms with van der Waals surface area (Å²) < 4.78 is 13.0. The molecule has 0 bridgehead atoms. The lowest BCUT2D eigenvalue weighted by molar-refractivity contribution is -0.122. The Labute approximate surface area is 212 Å². The maximum atomic E-state index is 13.7. The summed E-state index contributed by atoms with van der Waals surface area (Å²) in [6.07, 6.45) is 6.18. The lowest BCUT2D eigenvalue weighted by Crippen LogP contribution is -2.49. The lowest BCUT2D eigenvalue weighted by Gasteiger charge is -2.34. The SMILES string of the molecule is CC(C)(C)OC(=O)N1CC[C@@H](C2CCCCC2)[C@H]1C(=O)Nc1ccc2c(c1)cc1n2C(C)(C)OC1=O. The summed E-state index contributed by atoms with van der Waals surface area (Å²) in [7, 11) is 0. The van der Waals surface area contributed by atoms with Crippen LogP contribution in [0, 0.1) is 11.8 Å². The van der Waals surface area contributed by atoms with Gasteiger partial charge in [0.25, 0.3) is 0 Å². The monoisotopic (exact) mass is 495 g/mol. The topological polar surface area (TPSA) is 89.9 Å². The van der Waals surface area contributed by atoms with Gasteiger partial charge in [-0.25, -0.2) is 9.59 Å². The number of benzene rings is 1. The highest BCUT2D eigenvalue weighted by molar-refractivity contribution is 6.01. The minimum atomic E-state index is -0.760. The molecule has 1 saturated heterocycles. The Morgan fingerprint density at radius 1 is 1.08 bits per heavy atom. The number of nitrogens with one attached hydrogen (secondary N) is 1. The number of likely N-dealkylation sites (tertiary alicyclic amines) is 1. The largest absolute Gasteiger partial charge is 0.444 e. The van der Waals surface area contributed by atoms with E-state index in [4.69, 9.17) is 9.47 Å². The molecule has 2 amide bonds. The van der Waals surface area contributed by atoms with Crippen molar-refractivity contribution in [2.45, 2.75) is 90.5 Å². The number of hydrogen-bond donors (Lipinski definition) is 1. The highest BCUT2D eigenvalue weighted by Crippen LogP contribution is 2.40. The van der Waals surface area contributed by atoms with E-state index in [0.29, 0.717) is 23.8 Å². The first kappa shape index (κ1) is 24.7. The van der Waals surface area contributed by atoms with Crippen molar-refractivity contribution in [3.05, 3.63) is 30.0 Å². The first-order valence-corrected chi connectivity index (χ1v) is 13.1. The van der Waals surface area contributed by atoms with E-state index in [0.717, 1.165) is 30.2 Å². The third-order valence-corrected chi connectivity index (χ3v) is 7.76. The third-order valence-electron chi connectivity index (χ3n) is 7.76. The number of esters is 1. The van der Waals surface area contributed by atoms with Crippen LogP contribution in [0.1, 0.15) is 83.6 Å². The molecule has 2 fully saturated rings. The van der Waals surface area contributed by atoms with Crippen LogP contribution in [0.2, 0.25) is 0 Å². The van der Waals surface area contributed by atoms with Gasteiger partial charge < -0.3 is 14.8 Å². The fourth-order valence-corrected chi connectivity index (χ4v) is 6.30. The fourth-order valence-electron chi connectivity index (χ4n) is 6.30. The molecule has 2 aromatic rings. The molecule has 2 atom stereocenters. The van der Waals surface area contributed by atoms with Crippen molar-refractivity contribution in [1.29, 1.82) is 0 Å².